The molecule has 3 N–H and O–H groups in total. The van der Waals surface area contributed by atoms with E-state index in [0.29, 0.717) is 17.4 Å². The first-order valence-electron chi connectivity index (χ1n) is 6.43. The average molecular weight is 271 g/mol. The molecule has 3 nitrogen and oxygen atoms in total. The topological polar surface area (TPSA) is 50.9 Å². The van der Waals surface area contributed by atoms with Gasteiger partial charge in [-0.05, 0) is 43.7 Å². The van der Waals surface area contributed by atoms with Crippen LogP contribution in [-0.4, -0.2) is 11.5 Å². The summed E-state index contributed by atoms with van der Waals surface area (Å²) in [5.74, 6) is 1.55. The molecule has 2 heterocycles. The van der Waals surface area contributed by atoms with Gasteiger partial charge in [-0.25, -0.2) is 4.98 Å². The van der Waals surface area contributed by atoms with Gasteiger partial charge in [0.15, 0.2) is 0 Å². The van der Waals surface area contributed by atoms with Crippen LogP contribution in [-0.2, 0) is 6.18 Å². The minimum Gasteiger partial charge on any atom is -0.383 e. The fourth-order valence-corrected chi connectivity index (χ4v) is 3.11. The van der Waals surface area contributed by atoms with E-state index >= 15 is 0 Å². The van der Waals surface area contributed by atoms with Crippen LogP contribution in [0.2, 0.25) is 0 Å². The normalized spacial score (nSPS) is 30.0. The molecule has 1 aliphatic carbocycles. The number of piperidine rings is 1. The number of hydrogen-bond acceptors (Lipinski definition) is 3. The summed E-state index contributed by atoms with van der Waals surface area (Å²) in [5, 5.41) is 3.30. The molecule has 3 atom stereocenters. The minimum absolute atomic E-state index is 0.0986. The van der Waals surface area contributed by atoms with Crippen LogP contribution in [0.5, 0.6) is 0 Å². The summed E-state index contributed by atoms with van der Waals surface area (Å²) in [7, 11) is 0. The molecule has 1 aromatic rings. The SMILES string of the molecule is Cc1c(C(F)(F)F)cnc(N)c1C1CC2CC2CN1. The Labute approximate surface area is 109 Å². The maximum atomic E-state index is 12.9. The summed E-state index contributed by atoms with van der Waals surface area (Å²) in [4.78, 5) is 3.74. The van der Waals surface area contributed by atoms with Crippen molar-refractivity contribution in [1.82, 2.24) is 10.3 Å². The lowest BCUT2D eigenvalue weighted by Crippen LogP contribution is -2.30. The Morgan fingerprint density at radius 1 is 1.32 bits per heavy atom. The van der Waals surface area contributed by atoms with Crippen molar-refractivity contribution in [3.05, 3.63) is 22.9 Å². The van der Waals surface area contributed by atoms with Crippen molar-refractivity contribution < 1.29 is 13.2 Å². The first-order valence-corrected chi connectivity index (χ1v) is 6.43. The first kappa shape index (κ1) is 12.7. The van der Waals surface area contributed by atoms with Gasteiger partial charge < -0.3 is 11.1 Å². The molecular formula is C13H16F3N3. The number of fused-ring (bicyclic) bond motifs is 1. The Morgan fingerprint density at radius 3 is 2.68 bits per heavy atom. The third-order valence-electron chi connectivity index (χ3n) is 4.30. The highest BCUT2D eigenvalue weighted by atomic mass is 19.4. The molecule has 0 amide bonds. The number of rotatable bonds is 1. The van der Waals surface area contributed by atoms with Gasteiger partial charge in [-0.15, -0.1) is 0 Å². The van der Waals surface area contributed by atoms with E-state index in [1.807, 2.05) is 0 Å². The van der Waals surface area contributed by atoms with Crippen LogP contribution < -0.4 is 11.1 Å². The number of aromatic nitrogens is 1. The molecule has 0 spiro atoms. The van der Waals surface area contributed by atoms with E-state index in [9.17, 15) is 13.2 Å². The molecule has 2 fully saturated rings. The maximum Gasteiger partial charge on any atom is 0.418 e. The molecule has 1 saturated carbocycles. The highest BCUT2D eigenvalue weighted by molar-refractivity contribution is 5.50. The van der Waals surface area contributed by atoms with Gasteiger partial charge >= 0.3 is 6.18 Å². The van der Waals surface area contributed by atoms with Crippen LogP contribution in [0.4, 0.5) is 19.0 Å². The van der Waals surface area contributed by atoms with Crippen LogP contribution in [0.25, 0.3) is 0 Å². The summed E-state index contributed by atoms with van der Waals surface area (Å²) < 4.78 is 38.7. The number of hydrogen-bond donors (Lipinski definition) is 2. The number of nitrogens with two attached hydrogens (primary N) is 1. The lowest BCUT2D eigenvalue weighted by Gasteiger charge is -2.27. The summed E-state index contributed by atoms with van der Waals surface area (Å²) >= 11 is 0. The molecule has 3 unspecified atom stereocenters. The Hall–Kier alpha value is -1.30. The number of nitrogens with one attached hydrogen (secondary N) is 1. The van der Waals surface area contributed by atoms with Crippen molar-refractivity contribution >= 4 is 5.82 Å². The molecule has 0 radical (unpaired) electrons. The lowest BCUT2D eigenvalue weighted by atomic mass is 9.92. The molecule has 1 aliphatic heterocycles. The van der Waals surface area contributed by atoms with Crippen LogP contribution in [0, 0.1) is 18.8 Å². The maximum absolute atomic E-state index is 12.9. The van der Waals surface area contributed by atoms with Gasteiger partial charge in [0.1, 0.15) is 5.82 Å². The summed E-state index contributed by atoms with van der Waals surface area (Å²) in [6, 6.07) is -0.0986. The van der Waals surface area contributed by atoms with Gasteiger partial charge in [0.05, 0.1) is 5.56 Å². The van der Waals surface area contributed by atoms with Gasteiger partial charge in [0.2, 0.25) is 0 Å². The largest absolute Gasteiger partial charge is 0.418 e. The zero-order valence-corrected chi connectivity index (χ0v) is 10.6. The van der Waals surface area contributed by atoms with E-state index in [4.69, 9.17) is 5.73 Å². The second kappa shape index (κ2) is 4.10. The fourth-order valence-electron chi connectivity index (χ4n) is 3.11. The zero-order chi connectivity index (χ0) is 13.8. The molecule has 1 saturated heterocycles. The minimum atomic E-state index is -4.38. The molecule has 6 heteroatoms. The predicted molar refractivity (Wildman–Crippen MR) is 65.3 cm³/mol. The number of nitrogen functional groups attached to an aromatic ring is 1. The Balaban J connectivity index is 1.99. The summed E-state index contributed by atoms with van der Waals surface area (Å²) in [5.41, 5.74) is 5.85. The van der Waals surface area contributed by atoms with Crippen molar-refractivity contribution in [2.45, 2.75) is 32.0 Å². The van der Waals surface area contributed by atoms with Gasteiger partial charge in [-0.2, -0.15) is 13.2 Å². The number of nitrogens with zero attached hydrogens (tertiary/aromatic N) is 1. The van der Waals surface area contributed by atoms with E-state index in [2.05, 4.69) is 10.3 Å². The van der Waals surface area contributed by atoms with Crippen molar-refractivity contribution in [3.8, 4) is 0 Å². The Morgan fingerprint density at radius 2 is 2.05 bits per heavy atom. The van der Waals surface area contributed by atoms with Gasteiger partial charge in [0, 0.05) is 17.8 Å². The van der Waals surface area contributed by atoms with E-state index in [1.54, 1.807) is 0 Å². The summed E-state index contributed by atoms with van der Waals surface area (Å²) in [6.45, 7) is 2.35. The molecular weight excluding hydrogens is 255 g/mol. The second-order valence-corrected chi connectivity index (χ2v) is 5.55. The zero-order valence-electron chi connectivity index (χ0n) is 10.6. The molecule has 2 aliphatic rings. The van der Waals surface area contributed by atoms with Crippen molar-refractivity contribution in [3.63, 3.8) is 0 Å². The monoisotopic (exact) mass is 271 g/mol. The average Bonchev–Trinajstić information content (AvgIpc) is 3.05. The van der Waals surface area contributed by atoms with Gasteiger partial charge in [-0.1, -0.05) is 0 Å². The highest BCUT2D eigenvalue weighted by Crippen LogP contribution is 2.49. The molecule has 0 bridgehead atoms. The number of anilines is 1. The van der Waals surface area contributed by atoms with Crippen molar-refractivity contribution in [1.29, 1.82) is 0 Å². The van der Waals surface area contributed by atoms with Crippen LogP contribution in [0.3, 0.4) is 0 Å². The quantitative estimate of drug-likeness (QED) is 0.825. The third-order valence-corrected chi connectivity index (χ3v) is 4.30. The summed E-state index contributed by atoms with van der Waals surface area (Å²) in [6.07, 6.45) is -1.51. The second-order valence-electron chi connectivity index (χ2n) is 5.55. The molecule has 0 aromatic carbocycles. The van der Waals surface area contributed by atoms with Crippen LogP contribution >= 0.6 is 0 Å². The van der Waals surface area contributed by atoms with E-state index in [0.717, 1.165) is 19.2 Å². The van der Waals surface area contributed by atoms with E-state index < -0.39 is 11.7 Å². The van der Waals surface area contributed by atoms with Crippen LogP contribution in [0.1, 0.15) is 35.6 Å². The first-order chi connectivity index (χ1) is 8.88. The van der Waals surface area contributed by atoms with E-state index in [-0.39, 0.29) is 17.4 Å². The Bertz CT molecular complexity index is 513. The highest BCUT2D eigenvalue weighted by Gasteiger charge is 2.44. The predicted octanol–water partition coefficient (Wildman–Crippen LogP) is 2.66. The van der Waals surface area contributed by atoms with Gasteiger partial charge in [-0.3, -0.25) is 0 Å². The van der Waals surface area contributed by atoms with E-state index in [1.165, 1.54) is 13.3 Å². The molecule has 19 heavy (non-hydrogen) atoms. The molecule has 3 rings (SSSR count). The molecule has 1 aromatic heterocycles. The number of pyridine rings is 1. The fraction of sp³-hybridized carbons (Fsp3) is 0.615. The van der Waals surface area contributed by atoms with Crippen molar-refractivity contribution in [2.75, 3.05) is 12.3 Å². The van der Waals surface area contributed by atoms with Gasteiger partial charge in [0.25, 0.3) is 0 Å². The molecule has 104 valence electrons. The lowest BCUT2D eigenvalue weighted by molar-refractivity contribution is -0.138. The third kappa shape index (κ3) is 2.18. The Kier molecular flexibility index (Phi) is 2.74. The number of alkyl halides is 3. The smallest absolute Gasteiger partial charge is 0.383 e. The number of halogens is 3. The van der Waals surface area contributed by atoms with Crippen LogP contribution in [0.15, 0.2) is 6.20 Å². The van der Waals surface area contributed by atoms with Crippen molar-refractivity contribution in [2.24, 2.45) is 11.8 Å². The standard InChI is InChI=1S/C13H16F3N3/c1-6-9(13(14,15)16)5-19-12(17)11(6)10-3-7-2-8(7)4-18-10/h5,7-8,10,18H,2-4H2,1H3,(H2,17,19).